The molecule has 0 aromatic heterocycles. The average molecular weight is 595 g/mol. The molecule has 1 saturated carbocycles. The minimum atomic E-state index is -4.09. The van der Waals surface area contributed by atoms with Crippen molar-refractivity contribution in [3.63, 3.8) is 0 Å². The van der Waals surface area contributed by atoms with E-state index in [1.807, 2.05) is 6.92 Å². The Bertz CT molecular complexity index is 1600. The van der Waals surface area contributed by atoms with E-state index in [2.05, 4.69) is 0 Å². The van der Waals surface area contributed by atoms with E-state index in [0.29, 0.717) is 12.8 Å². The Morgan fingerprint density at radius 2 is 1.49 bits per heavy atom. The fraction of sp³-hybridized carbons (Fsp3) is 0.267. The third kappa shape index (κ3) is 5.75. The number of Topliss-reactive ketones (excluding diaryl/α,β-unsaturated/α-hetero) is 1. The maximum absolute atomic E-state index is 13.6. The number of halogens is 1. The normalized spacial score (nSPS) is 18.6. The zero-order valence-electron chi connectivity index (χ0n) is 22.2. The summed E-state index contributed by atoms with van der Waals surface area (Å²) in [6.07, 6.45) is 2.69. The highest BCUT2D eigenvalue weighted by atomic mass is 35.5. The minimum absolute atomic E-state index is 0.0138. The number of nitrogens with zero attached hydrogens (tertiary/aromatic N) is 2. The van der Waals surface area contributed by atoms with Crippen molar-refractivity contribution in [1.29, 1.82) is 0 Å². The number of amides is 3. The van der Waals surface area contributed by atoms with Gasteiger partial charge in [0.05, 0.1) is 22.4 Å². The molecule has 0 unspecified atom stereocenters. The lowest BCUT2D eigenvalue weighted by molar-refractivity contribution is -0.154. The summed E-state index contributed by atoms with van der Waals surface area (Å²) >= 11 is 6.26. The number of ketones is 1. The summed E-state index contributed by atoms with van der Waals surface area (Å²) in [4.78, 5) is 53.7. The summed E-state index contributed by atoms with van der Waals surface area (Å²) in [5.41, 5.74) is 1.06. The molecular formula is C30H27ClN2O7S. The zero-order chi connectivity index (χ0) is 29.3. The third-order valence-electron chi connectivity index (χ3n) is 7.38. The largest absolute Gasteiger partial charge is 0.379 e. The highest BCUT2D eigenvalue weighted by molar-refractivity contribution is 7.87. The van der Waals surface area contributed by atoms with Crippen molar-refractivity contribution >= 4 is 45.2 Å². The molecule has 0 N–H and O–H groups in total. The molecule has 11 heteroatoms. The molecule has 5 rings (SSSR count). The van der Waals surface area contributed by atoms with Crippen molar-refractivity contribution in [1.82, 2.24) is 10.0 Å². The summed E-state index contributed by atoms with van der Waals surface area (Å²) in [5.74, 6) is -3.40. The molecule has 1 heterocycles. The van der Waals surface area contributed by atoms with E-state index < -0.39 is 52.0 Å². The molecule has 1 saturated heterocycles. The molecule has 9 nitrogen and oxygen atoms in total. The molecule has 41 heavy (non-hydrogen) atoms. The topological polar surface area (TPSA) is 118 Å². The van der Waals surface area contributed by atoms with Crippen molar-refractivity contribution in [2.75, 3.05) is 6.54 Å². The van der Waals surface area contributed by atoms with Crippen molar-refractivity contribution in [3.8, 4) is 5.75 Å². The highest BCUT2D eigenvalue weighted by Crippen LogP contribution is 2.39. The van der Waals surface area contributed by atoms with Crippen LogP contribution in [0.3, 0.4) is 0 Å². The molecule has 1 aliphatic carbocycles. The van der Waals surface area contributed by atoms with Gasteiger partial charge in [0, 0.05) is 5.56 Å². The van der Waals surface area contributed by atoms with Crippen LogP contribution < -0.4 is 4.18 Å². The molecule has 0 bridgehead atoms. The van der Waals surface area contributed by atoms with Crippen LogP contribution in [0.15, 0.2) is 77.7 Å². The minimum Gasteiger partial charge on any atom is -0.379 e. The van der Waals surface area contributed by atoms with Gasteiger partial charge in [0.25, 0.3) is 17.7 Å². The first-order valence-corrected chi connectivity index (χ1v) is 14.9. The van der Waals surface area contributed by atoms with Crippen LogP contribution in [0.2, 0.25) is 5.02 Å². The smallest absolute Gasteiger partial charge is 0.339 e. The molecule has 3 aromatic carbocycles. The standard InChI is InChI=1S/C30H27ClN2O7S/c1-19-10-16-22(17-11-19)41(38,39)40-21-14-12-20(13-15-21)27(34)18-32(28(35)25-8-4-5-9-26(25)31)33-29(36)23-6-2-3-7-24(23)30(33)37/h4-5,8-17,23-24H,2-3,6-7,18H2,1H3/t23-,24-/m1/s1. The number of hydrogen-bond donors (Lipinski definition) is 0. The number of hydrogen-bond acceptors (Lipinski definition) is 7. The Labute approximate surface area is 242 Å². The van der Waals surface area contributed by atoms with Crippen molar-refractivity contribution in [2.45, 2.75) is 37.5 Å². The summed E-state index contributed by atoms with van der Waals surface area (Å²) in [6, 6.07) is 17.7. The number of imide groups is 1. The number of fused-ring (bicyclic) bond motifs is 1. The van der Waals surface area contributed by atoms with Gasteiger partial charge < -0.3 is 4.18 Å². The van der Waals surface area contributed by atoms with Crippen molar-refractivity contribution < 1.29 is 31.8 Å². The zero-order valence-corrected chi connectivity index (χ0v) is 23.7. The maximum Gasteiger partial charge on any atom is 0.339 e. The predicted octanol–water partition coefficient (Wildman–Crippen LogP) is 4.83. The molecule has 0 radical (unpaired) electrons. The average Bonchev–Trinajstić information content (AvgIpc) is 3.21. The SMILES string of the molecule is Cc1ccc(S(=O)(=O)Oc2ccc(C(=O)CN(C(=O)c3ccccc3Cl)N3C(=O)[C@@H]4CCCC[C@H]4C3=O)cc2)cc1. The fourth-order valence-corrected chi connectivity index (χ4v) is 6.34. The molecule has 1 aliphatic heterocycles. The Morgan fingerprint density at radius 3 is 2.07 bits per heavy atom. The summed E-state index contributed by atoms with van der Waals surface area (Å²) in [6.45, 7) is 1.22. The van der Waals surface area contributed by atoms with Gasteiger partial charge in [-0.05, 0) is 68.3 Å². The number of carbonyl (C=O) groups excluding carboxylic acids is 4. The van der Waals surface area contributed by atoms with Gasteiger partial charge in [-0.25, -0.2) is 5.01 Å². The molecule has 3 aromatic rings. The van der Waals surface area contributed by atoms with Crippen LogP contribution >= 0.6 is 11.6 Å². The van der Waals surface area contributed by atoms with Gasteiger partial charge in [-0.3, -0.25) is 19.2 Å². The van der Waals surface area contributed by atoms with Gasteiger partial charge in [-0.2, -0.15) is 13.4 Å². The van der Waals surface area contributed by atoms with Crippen LogP contribution in [0.1, 0.15) is 52.0 Å². The lowest BCUT2D eigenvalue weighted by Crippen LogP contribution is -2.52. The Kier molecular flexibility index (Phi) is 7.97. The fourth-order valence-electron chi connectivity index (χ4n) is 5.19. The maximum atomic E-state index is 13.6. The summed E-state index contributed by atoms with van der Waals surface area (Å²) in [5, 5.41) is 1.80. The number of carbonyl (C=O) groups is 4. The quantitative estimate of drug-likeness (QED) is 0.208. The van der Waals surface area contributed by atoms with Gasteiger partial charge in [-0.1, -0.05) is 54.3 Å². The molecule has 2 atom stereocenters. The van der Waals surface area contributed by atoms with Gasteiger partial charge in [0.15, 0.2) is 5.78 Å². The van der Waals surface area contributed by atoms with Crippen LogP contribution in [-0.4, -0.2) is 48.5 Å². The van der Waals surface area contributed by atoms with Crippen molar-refractivity contribution in [3.05, 3.63) is 94.5 Å². The van der Waals surface area contributed by atoms with Crippen molar-refractivity contribution in [2.24, 2.45) is 11.8 Å². The third-order valence-corrected chi connectivity index (χ3v) is 8.97. The molecule has 2 fully saturated rings. The van der Waals surface area contributed by atoms with E-state index in [1.54, 1.807) is 24.3 Å². The van der Waals surface area contributed by atoms with E-state index in [-0.39, 0.29) is 26.8 Å². The molecule has 0 spiro atoms. The predicted molar refractivity (Wildman–Crippen MR) is 150 cm³/mol. The van der Waals surface area contributed by atoms with Gasteiger partial charge >= 0.3 is 10.1 Å². The lowest BCUT2D eigenvalue weighted by atomic mass is 9.81. The molecule has 2 aliphatic rings. The first kappa shape index (κ1) is 28.5. The van der Waals surface area contributed by atoms with Gasteiger partial charge in [-0.15, -0.1) is 0 Å². The van der Waals surface area contributed by atoms with Gasteiger partial charge in [0.1, 0.15) is 17.2 Å². The van der Waals surface area contributed by atoms with Crippen LogP contribution in [0, 0.1) is 18.8 Å². The molecule has 212 valence electrons. The number of benzene rings is 3. The number of rotatable bonds is 8. The van der Waals surface area contributed by atoms with E-state index in [9.17, 15) is 27.6 Å². The van der Waals surface area contributed by atoms with Crippen LogP contribution in [0.25, 0.3) is 0 Å². The second kappa shape index (κ2) is 11.5. The highest BCUT2D eigenvalue weighted by Gasteiger charge is 2.52. The Balaban J connectivity index is 1.39. The molecule has 3 amide bonds. The first-order chi connectivity index (χ1) is 19.6. The van der Waals surface area contributed by atoms with E-state index in [4.69, 9.17) is 15.8 Å². The van der Waals surface area contributed by atoms with E-state index >= 15 is 0 Å². The Morgan fingerprint density at radius 1 is 0.902 bits per heavy atom. The van der Waals surface area contributed by atoms with E-state index in [0.717, 1.165) is 28.4 Å². The summed E-state index contributed by atoms with van der Waals surface area (Å²) < 4.78 is 30.4. The van der Waals surface area contributed by atoms with Crippen LogP contribution in [-0.2, 0) is 19.7 Å². The second-order valence-corrected chi connectivity index (χ2v) is 12.1. The monoisotopic (exact) mass is 594 g/mol. The second-order valence-electron chi connectivity index (χ2n) is 10.1. The summed E-state index contributed by atoms with van der Waals surface area (Å²) in [7, 11) is -4.09. The van der Waals surface area contributed by atoms with Gasteiger partial charge in [0.2, 0.25) is 0 Å². The van der Waals surface area contributed by atoms with Crippen LogP contribution in [0.5, 0.6) is 5.75 Å². The first-order valence-electron chi connectivity index (χ1n) is 13.2. The number of hydrazine groups is 1. The Hall–Kier alpha value is -4.02. The van der Waals surface area contributed by atoms with Crippen LogP contribution in [0.4, 0.5) is 0 Å². The lowest BCUT2D eigenvalue weighted by Gasteiger charge is -2.30. The molecular weight excluding hydrogens is 568 g/mol. The number of aryl methyl sites for hydroxylation is 1. The van der Waals surface area contributed by atoms with E-state index in [1.165, 1.54) is 48.5 Å².